The average Bonchev–Trinajstić information content (AvgIpc) is 3.54. The lowest BCUT2D eigenvalue weighted by Crippen LogP contribution is -2.57. The third kappa shape index (κ3) is 5.10. The Labute approximate surface area is 230 Å². The fourth-order valence-electron chi connectivity index (χ4n) is 6.64. The summed E-state index contributed by atoms with van der Waals surface area (Å²) in [5, 5.41) is 6.67. The third-order valence-electron chi connectivity index (χ3n) is 8.58. The number of hydrogen-bond acceptors (Lipinski definition) is 5. The molecule has 2 N–H and O–H groups in total. The SMILES string of the molecule is CCCCN(C)CCN1C(=O)[C@@H]2[C@H](C(=O)Nc3cccc(Cl)c3)[C@@H]3C=C[C@@]2(O3)[C@@H]1C(=O)NC1CCCCC1. The maximum atomic E-state index is 14.0. The van der Waals surface area contributed by atoms with Gasteiger partial charge in [0, 0.05) is 29.8 Å². The normalized spacial score (nSPS) is 30.2. The van der Waals surface area contributed by atoms with Crippen LogP contribution < -0.4 is 10.6 Å². The summed E-state index contributed by atoms with van der Waals surface area (Å²) in [4.78, 5) is 45.3. The van der Waals surface area contributed by atoms with Crippen LogP contribution in [0.2, 0.25) is 5.02 Å². The van der Waals surface area contributed by atoms with Crippen LogP contribution in [0.5, 0.6) is 0 Å². The minimum atomic E-state index is -1.14. The molecule has 3 fully saturated rings. The lowest BCUT2D eigenvalue weighted by atomic mass is 9.74. The van der Waals surface area contributed by atoms with Crippen LogP contribution in [0.15, 0.2) is 36.4 Å². The Kier molecular flexibility index (Phi) is 8.12. The Balaban J connectivity index is 1.40. The van der Waals surface area contributed by atoms with Gasteiger partial charge in [0.1, 0.15) is 11.6 Å². The number of halogens is 1. The Morgan fingerprint density at radius 3 is 2.71 bits per heavy atom. The zero-order chi connectivity index (χ0) is 26.9. The van der Waals surface area contributed by atoms with E-state index in [1.54, 1.807) is 29.2 Å². The van der Waals surface area contributed by atoms with Crippen LogP contribution in [-0.2, 0) is 19.1 Å². The number of anilines is 1. The first kappa shape index (κ1) is 27.2. The fraction of sp³-hybridized carbons (Fsp3) is 0.621. The van der Waals surface area contributed by atoms with Crippen molar-refractivity contribution in [3.63, 3.8) is 0 Å². The molecule has 8 nitrogen and oxygen atoms in total. The molecule has 0 radical (unpaired) electrons. The number of likely N-dealkylation sites (tertiary alicyclic amines) is 1. The summed E-state index contributed by atoms with van der Waals surface area (Å²) in [6.45, 7) is 4.13. The zero-order valence-electron chi connectivity index (χ0n) is 22.3. The molecule has 5 atom stereocenters. The minimum Gasteiger partial charge on any atom is -0.359 e. The monoisotopic (exact) mass is 542 g/mol. The second-order valence-electron chi connectivity index (χ2n) is 11.2. The number of likely N-dealkylation sites (N-methyl/N-ethyl adjacent to an activating group) is 1. The predicted molar refractivity (Wildman–Crippen MR) is 147 cm³/mol. The standard InChI is InChI=1S/C29H39ClN4O4/c1-3-4-15-33(2)16-17-34-25(27(36)31-20-10-6-5-7-11-20)29-14-13-22(38-29)23(24(29)28(34)37)26(35)32-21-12-8-9-19(30)18-21/h8-9,12-14,18,20,22-25H,3-7,10-11,15-17H2,1-2H3,(H,31,36)(H,32,35)/t22-,23+,24-,25-,29-/m0/s1. The number of carbonyl (C=O) groups excluding carboxylic acids is 3. The molecule has 1 aromatic rings. The second-order valence-corrected chi connectivity index (χ2v) is 11.7. The molecule has 2 bridgehead atoms. The maximum Gasteiger partial charge on any atom is 0.246 e. The molecule has 3 aliphatic heterocycles. The van der Waals surface area contributed by atoms with Crippen LogP contribution in [0, 0.1) is 11.8 Å². The fourth-order valence-corrected chi connectivity index (χ4v) is 6.84. The molecular weight excluding hydrogens is 504 g/mol. The van der Waals surface area contributed by atoms with E-state index in [2.05, 4.69) is 22.5 Å². The van der Waals surface area contributed by atoms with Crippen molar-refractivity contribution in [3.05, 3.63) is 41.4 Å². The molecule has 5 rings (SSSR count). The Hall–Kier alpha value is -2.42. The van der Waals surface area contributed by atoms with Crippen molar-refractivity contribution in [3.8, 4) is 0 Å². The van der Waals surface area contributed by atoms with Crippen molar-refractivity contribution in [2.75, 3.05) is 32.0 Å². The summed E-state index contributed by atoms with van der Waals surface area (Å²) >= 11 is 6.11. The van der Waals surface area contributed by atoms with Crippen molar-refractivity contribution < 1.29 is 19.1 Å². The molecule has 1 aliphatic carbocycles. The number of hydrogen-bond donors (Lipinski definition) is 2. The summed E-state index contributed by atoms with van der Waals surface area (Å²) in [5.41, 5.74) is -0.575. The van der Waals surface area contributed by atoms with Gasteiger partial charge in [0.2, 0.25) is 17.7 Å². The summed E-state index contributed by atoms with van der Waals surface area (Å²) in [6.07, 6.45) is 10.6. The molecule has 0 unspecified atom stereocenters. The topological polar surface area (TPSA) is 91.0 Å². The van der Waals surface area contributed by atoms with Crippen molar-refractivity contribution >= 4 is 35.0 Å². The molecule has 1 aromatic carbocycles. The van der Waals surface area contributed by atoms with Crippen molar-refractivity contribution in [1.82, 2.24) is 15.1 Å². The van der Waals surface area contributed by atoms with Crippen LogP contribution >= 0.6 is 11.6 Å². The molecule has 206 valence electrons. The summed E-state index contributed by atoms with van der Waals surface area (Å²) < 4.78 is 6.44. The largest absolute Gasteiger partial charge is 0.359 e. The van der Waals surface area contributed by atoms with E-state index >= 15 is 0 Å². The van der Waals surface area contributed by atoms with Gasteiger partial charge in [0.25, 0.3) is 0 Å². The third-order valence-corrected chi connectivity index (χ3v) is 8.82. The second kappa shape index (κ2) is 11.4. The number of ether oxygens (including phenoxy) is 1. The summed E-state index contributed by atoms with van der Waals surface area (Å²) in [6, 6.07) is 6.25. The molecule has 0 aromatic heterocycles. The van der Waals surface area contributed by atoms with Gasteiger partial charge in [-0.3, -0.25) is 14.4 Å². The van der Waals surface area contributed by atoms with Gasteiger partial charge >= 0.3 is 0 Å². The smallest absolute Gasteiger partial charge is 0.246 e. The van der Waals surface area contributed by atoms with E-state index in [0.29, 0.717) is 23.8 Å². The quantitative estimate of drug-likeness (QED) is 0.441. The number of amides is 3. The summed E-state index contributed by atoms with van der Waals surface area (Å²) in [5.74, 6) is -2.13. The van der Waals surface area contributed by atoms with E-state index in [-0.39, 0.29) is 23.8 Å². The number of nitrogens with zero attached hydrogens (tertiary/aromatic N) is 2. The van der Waals surface area contributed by atoms with E-state index in [1.807, 2.05) is 19.2 Å². The molecule has 3 heterocycles. The lowest BCUT2D eigenvalue weighted by Gasteiger charge is -2.34. The first-order valence-electron chi connectivity index (χ1n) is 14.1. The highest BCUT2D eigenvalue weighted by Gasteiger charge is 2.72. The van der Waals surface area contributed by atoms with Crippen LogP contribution in [0.3, 0.4) is 0 Å². The molecular formula is C29H39ClN4O4. The van der Waals surface area contributed by atoms with Gasteiger partial charge in [-0.05, 0) is 51.1 Å². The Morgan fingerprint density at radius 1 is 1.18 bits per heavy atom. The lowest BCUT2D eigenvalue weighted by molar-refractivity contribution is -0.141. The molecule has 1 spiro atoms. The number of rotatable bonds is 10. The van der Waals surface area contributed by atoms with Crippen LogP contribution in [0.25, 0.3) is 0 Å². The first-order chi connectivity index (χ1) is 18.3. The minimum absolute atomic E-state index is 0.111. The van der Waals surface area contributed by atoms with E-state index in [4.69, 9.17) is 16.3 Å². The summed E-state index contributed by atoms with van der Waals surface area (Å²) in [7, 11) is 2.04. The molecule has 9 heteroatoms. The average molecular weight is 543 g/mol. The van der Waals surface area contributed by atoms with Gasteiger partial charge in [0.05, 0.1) is 17.9 Å². The highest BCUT2D eigenvalue weighted by atomic mass is 35.5. The Bertz CT molecular complexity index is 1090. The van der Waals surface area contributed by atoms with Crippen molar-refractivity contribution in [2.45, 2.75) is 75.7 Å². The van der Waals surface area contributed by atoms with Gasteiger partial charge in [-0.25, -0.2) is 0 Å². The van der Waals surface area contributed by atoms with Gasteiger partial charge in [-0.2, -0.15) is 0 Å². The zero-order valence-corrected chi connectivity index (χ0v) is 23.1. The van der Waals surface area contributed by atoms with Gasteiger partial charge < -0.3 is 25.2 Å². The Morgan fingerprint density at radius 2 is 1.97 bits per heavy atom. The number of unbranched alkanes of at least 4 members (excludes halogenated alkanes) is 1. The van der Waals surface area contributed by atoms with E-state index < -0.39 is 29.6 Å². The van der Waals surface area contributed by atoms with Crippen LogP contribution in [0.4, 0.5) is 5.69 Å². The number of nitrogens with one attached hydrogen (secondary N) is 2. The number of carbonyl (C=O) groups is 3. The van der Waals surface area contributed by atoms with E-state index in [1.165, 1.54) is 6.42 Å². The molecule has 4 aliphatic rings. The maximum absolute atomic E-state index is 14.0. The van der Waals surface area contributed by atoms with Gasteiger partial charge in [-0.15, -0.1) is 0 Å². The predicted octanol–water partition coefficient (Wildman–Crippen LogP) is 3.61. The number of fused-ring (bicyclic) bond motifs is 1. The van der Waals surface area contributed by atoms with E-state index in [9.17, 15) is 14.4 Å². The molecule has 38 heavy (non-hydrogen) atoms. The van der Waals surface area contributed by atoms with Gasteiger partial charge in [-0.1, -0.05) is 62.4 Å². The molecule has 1 saturated carbocycles. The van der Waals surface area contributed by atoms with Crippen LogP contribution in [-0.4, -0.2) is 78.0 Å². The highest BCUT2D eigenvalue weighted by Crippen LogP contribution is 2.55. The highest BCUT2D eigenvalue weighted by molar-refractivity contribution is 6.30. The molecule has 2 saturated heterocycles. The number of benzene rings is 1. The van der Waals surface area contributed by atoms with E-state index in [0.717, 1.165) is 45.1 Å². The molecule has 3 amide bonds. The van der Waals surface area contributed by atoms with Crippen molar-refractivity contribution in [2.24, 2.45) is 11.8 Å². The van der Waals surface area contributed by atoms with Crippen LogP contribution in [0.1, 0.15) is 51.9 Å². The first-order valence-corrected chi connectivity index (χ1v) is 14.4. The van der Waals surface area contributed by atoms with Gasteiger partial charge in [0.15, 0.2) is 0 Å². The van der Waals surface area contributed by atoms with Crippen molar-refractivity contribution in [1.29, 1.82) is 0 Å².